The van der Waals surface area contributed by atoms with Crippen LogP contribution in [0.4, 0.5) is 0 Å². The molecule has 1 aromatic rings. The smallest absolute Gasteiger partial charge is 0.123 e. The van der Waals surface area contributed by atoms with Gasteiger partial charge < -0.3 is 17.3 Å². The third-order valence-corrected chi connectivity index (χ3v) is 5.12. The van der Waals surface area contributed by atoms with Crippen LogP contribution in [0.1, 0.15) is 69.9 Å². The summed E-state index contributed by atoms with van der Waals surface area (Å²) in [6.45, 7) is 10.6. The summed E-state index contributed by atoms with van der Waals surface area (Å²) in [7, 11) is 3.62. The summed E-state index contributed by atoms with van der Waals surface area (Å²) in [6.07, 6.45) is 8.89. The summed E-state index contributed by atoms with van der Waals surface area (Å²) in [6, 6.07) is 3.95. The Hall–Kier alpha value is -0.505. The van der Waals surface area contributed by atoms with E-state index in [4.69, 9.17) is 4.74 Å². The molecule has 0 aliphatic heterocycles. The van der Waals surface area contributed by atoms with Gasteiger partial charge in [0.2, 0.25) is 0 Å². The SMILES string of the molecule is C=C(C)C1CCC(C)=CC1c1c(O)cc(CCCCC)cc1O[CH2-].[CH3-].[La]. The number of benzene rings is 1. The van der Waals surface area contributed by atoms with Crippen LogP contribution in [0.15, 0.2) is 35.9 Å². The summed E-state index contributed by atoms with van der Waals surface area (Å²) in [5.74, 6) is 1.46. The minimum Gasteiger partial charge on any atom is -0.665 e. The van der Waals surface area contributed by atoms with Crippen LogP contribution in [-0.4, -0.2) is 5.11 Å². The normalized spacial score (nSPS) is 19.0. The Labute approximate surface area is 188 Å². The molecule has 2 unspecified atom stereocenters. The van der Waals surface area contributed by atoms with Crippen LogP contribution in [0, 0.1) is 56.1 Å². The number of rotatable bonds is 7. The average molecular weight is 481 g/mol. The van der Waals surface area contributed by atoms with E-state index in [0.29, 0.717) is 17.4 Å². The Morgan fingerprint density at radius 2 is 2.04 bits per heavy atom. The number of aryl methyl sites for hydroxylation is 1. The molecule has 2 atom stereocenters. The number of allylic oxidation sites excluding steroid dienone is 3. The molecular weight excluding hydrogens is 447 g/mol. The van der Waals surface area contributed by atoms with Crippen LogP contribution < -0.4 is 4.74 Å². The summed E-state index contributed by atoms with van der Waals surface area (Å²) in [5, 5.41) is 10.7. The van der Waals surface area contributed by atoms with Crippen molar-refractivity contribution in [1.82, 2.24) is 0 Å². The van der Waals surface area contributed by atoms with Crippen molar-refractivity contribution in [2.45, 2.75) is 65.2 Å². The Morgan fingerprint density at radius 1 is 1.35 bits per heavy atom. The van der Waals surface area contributed by atoms with Gasteiger partial charge in [-0.05, 0) is 63.1 Å². The van der Waals surface area contributed by atoms with Crippen molar-refractivity contribution in [2.75, 3.05) is 0 Å². The minimum atomic E-state index is 0. The number of hydrogen-bond acceptors (Lipinski definition) is 2. The zero-order chi connectivity index (χ0) is 17.7. The van der Waals surface area contributed by atoms with Crippen LogP contribution in [0.25, 0.3) is 0 Å². The van der Waals surface area contributed by atoms with E-state index >= 15 is 0 Å². The molecule has 0 spiro atoms. The van der Waals surface area contributed by atoms with Crippen LogP contribution >= 0.6 is 0 Å². The maximum Gasteiger partial charge on any atom is 0.123 e. The largest absolute Gasteiger partial charge is 0.665 e. The number of phenolic OH excluding ortho intramolecular Hbond substituents is 1. The summed E-state index contributed by atoms with van der Waals surface area (Å²) >= 11 is 0. The standard InChI is InChI=1S/C22H31O2.CH3.La/c1-6-7-8-9-17-13-20(23)22(21(14-17)24-5)19-12-16(4)10-11-18(19)15(2)3;;/h12-14,18-19,23H,2,5-11H2,1,3-4H3;1H3;/q2*-1;. The molecule has 143 valence electrons. The van der Waals surface area contributed by atoms with Gasteiger partial charge in [-0.1, -0.05) is 43.6 Å². The molecule has 1 aliphatic carbocycles. The van der Waals surface area contributed by atoms with Gasteiger partial charge in [0.05, 0.1) is 5.75 Å². The molecule has 3 heteroatoms. The topological polar surface area (TPSA) is 29.5 Å². The number of unbranched alkanes of at least 4 members (excludes halogenated alkanes) is 2. The molecule has 1 radical (unpaired) electrons. The Balaban J connectivity index is 0.00000312. The fourth-order valence-corrected chi connectivity index (χ4v) is 3.75. The number of hydrogen-bond donors (Lipinski definition) is 1. The molecule has 0 aromatic heterocycles. The second kappa shape index (κ2) is 12.1. The van der Waals surface area contributed by atoms with Gasteiger partial charge in [0.1, 0.15) is 5.75 Å². The van der Waals surface area contributed by atoms with Crippen molar-refractivity contribution in [3.05, 3.63) is 61.6 Å². The average Bonchev–Trinajstić information content (AvgIpc) is 2.54. The van der Waals surface area contributed by atoms with Crippen molar-refractivity contribution in [2.24, 2.45) is 5.92 Å². The molecule has 0 saturated carbocycles. The second-order valence-corrected chi connectivity index (χ2v) is 7.16. The van der Waals surface area contributed by atoms with E-state index in [1.165, 1.54) is 18.4 Å². The van der Waals surface area contributed by atoms with Crippen LogP contribution in [0.5, 0.6) is 11.5 Å². The number of aromatic hydroxyl groups is 1. The first-order valence-corrected chi connectivity index (χ1v) is 9.08. The zero-order valence-electron chi connectivity index (χ0n) is 17.0. The van der Waals surface area contributed by atoms with E-state index in [9.17, 15) is 5.11 Å². The van der Waals surface area contributed by atoms with E-state index in [1.807, 2.05) is 12.1 Å². The first-order valence-electron chi connectivity index (χ1n) is 9.08. The van der Waals surface area contributed by atoms with Gasteiger partial charge in [0.15, 0.2) is 0 Å². The van der Waals surface area contributed by atoms with E-state index < -0.39 is 0 Å². The molecule has 2 nitrogen and oxygen atoms in total. The van der Waals surface area contributed by atoms with E-state index in [-0.39, 0.29) is 48.9 Å². The summed E-state index contributed by atoms with van der Waals surface area (Å²) < 4.78 is 5.42. The van der Waals surface area contributed by atoms with E-state index in [1.54, 1.807) is 0 Å². The second-order valence-electron chi connectivity index (χ2n) is 7.16. The van der Waals surface area contributed by atoms with Crippen molar-refractivity contribution in [3.63, 3.8) is 0 Å². The van der Waals surface area contributed by atoms with Crippen molar-refractivity contribution in [1.29, 1.82) is 0 Å². The van der Waals surface area contributed by atoms with Crippen LogP contribution in [0.3, 0.4) is 0 Å². The maximum atomic E-state index is 10.7. The van der Waals surface area contributed by atoms with E-state index in [2.05, 4.69) is 40.5 Å². The molecule has 0 saturated heterocycles. The third-order valence-electron chi connectivity index (χ3n) is 5.12. The van der Waals surface area contributed by atoms with Gasteiger partial charge in [0, 0.05) is 47.1 Å². The molecule has 26 heavy (non-hydrogen) atoms. The maximum absolute atomic E-state index is 10.7. The third kappa shape index (κ3) is 6.28. The molecule has 0 fully saturated rings. The fourth-order valence-electron chi connectivity index (χ4n) is 3.75. The molecule has 0 bridgehead atoms. The van der Waals surface area contributed by atoms with Gasteiger partial charge in [-0.15, -0.1) is 0 Å². The molecule has 0 amide bonds. The van der Waals surface area contributed by atoms with Crippen molar-refractivity contribution >= 4 is 0 Å². The van der Waals surface area contributed by atoms with Crippen LogP contribution in [0.2, 0.25) is 0 Å². The molecule has 2 rings (SSSR count). The Kier molecular flexibility index (Phi) is 11.8. The Morgan fingerprint density at radius 3 is 2.62 bits per heavy atom. The monoisotopic (exact) mass is 481 g/mol. The molecule has 1 aliphatic rings. The molecular formula is C23H34LaO2-2. The first kappa shape index (κ1) is 25.5. The molecule has 1 N–H and O–H groups in total. The van der Waals surface area contributed by atoms with Gasteiger partial charge >= 0.3 is 0 Å². The molecule has 0 heterocycles. The predicted molar refractivity (Wildman–Crippen MR) is 108 cm³/mol. The van der Waals surface area contributed by atoms with Gasteiger partial charge in [-0.25, -0.2) is 0 Å². The number of phenols is 1. The van der Waals surface area contributed by atoms with Gasteiger partial charge in [-0.2, -0.15) is 7.11 Å². The fraction of sp³-hybridized carbons (Fsp3) is 0.478. The zero-order valence-corrected chi connectivity index (χ0v) is 20.6. The summed E-state index contributed by atoms with van der Waals surface area (Å²) in [4.78, 5) is 0. The molecule has 1 aromatic carbocycles. The van der Waals surface area contributed by atoms with Crippen molar-refractivity contribution in [3.8, 4) is 11.5 Å². The predicted octanol–water partition coefficient (Wildman–Crippen LogP) is 6.76. The number of ether oxygens (including phenoxy) is 1. The van der Waals surface area contributed by atoms with Gasteiger partial charge in [-0.3, -0.25) is 0 Å². The quantitative estimate of drug-likeness (QED) is 0.265. The van der Waals surface area contributed by atoms with Gasteiger partial charge in [0.25, 0.3) is 0 Å². The van der Waals surface area contributed by atoms with Crippen molar-refractivity contribution < 1.29 is 45.4 Å². The first-order chi connectivity index (χ1) is 11.5. The summed E-state index contributed by atoms with van der Waals surface area (Å²) in [5.41, 5.74) is 4.49. The van der Waals surface area contributed by atoms with E-state index in [0.717, 1.165) is 42.4 Å². The Bertz CT molecular complexity index is 619. The minimum absolute atomic E-state index is 0. The van der Waals surface area contributed by atoms with Crippen LogP contribution in [-0.2, 0) is 6.42 Å².